The van der Waals surface area contributed by atoms with E-state index in [1.807, 2.05) is 96.8 Å². The first-order valence-corrected chi connectivity index (χ1v) is 51.4. The number of ether oxygens (including phenoxy) is 1. The van der Waals surface area contributed by atoms with Crippen molar-refractivity contribution in [3.05, 3.63) is 287 Å². The standard InChI is InChI=1S/C27H31FN6O3S.C25H25FN6O3S.C21H21ClN4O3S2.C21H21N3O4S2.6H2/c1-19(34-13-3-4-21-18-22(28)5-10-25(21)34)27(35)33-16-14-32(15-17-33)23-6-8-24(9-7-23)38(36,37)31-26-11-12-29-20(2)30-26;1-18(32-11-9-19-2-3-20(26)16-23(19)32)25(33)31-14-12-30(13-15-31)21-4-6-22(7-5-21)36(34,35)29-24-8-10-27-17-28-24;22-16-3-1-2-15(14-16)8-10-23-19-9-12-26(20(19)27)17-4-6-18(7-5-17)31(28,29)25-21-24-11-13-30-21;1-14-3-8-18(15(2)13-14)28-19-9-11-24(20(19)25)16-4-6-17(7-5-16)30(26,27)23-21-22-10-12-29-21;;;;;;/h5-12,18-19H,3-4,13-17H2,1-2H3,(H,29,30,31);2-11,16-18H,12-15H2,1H3,(H,27,28,29);1-7,11,13-14,19,23H,8-10,12H2,(H,24,25);3-8,10,12-13,19H,9,11H2,1-2H3,(H,22,23);6*1H/t19-;;;;;;;;;/m1........./s1. The molecule has 0 bridgehead atoms. The normalized spacial score (nSPS) is 16.3. The second-order valence-corrected chi connectivity index (χ2v) is 41.4. The van der Waals surface area contributed by atoms with Gasteiger partial charge in [-0.3, -0.25) is 38.1 Å². The van der Waals surface area contributed by atoms with Crippen molar-refractivity contribution < 1.29 is 74.9 Å². The molecule has 4 saturated heterocycles. The lowest BCUT2D eigenvalue weighted by Gasteiger charge is -2.41. The molecule has 716 valence electrons. The summed E-state index contributed by atoms with van der Waals surface area (Å²) in [6.45, 7) is 16.7. The number of hydrogen-bond acceptors (Lipinski definition) is 25. The molecule has 5 aliphatic heterocycles. The lowest BCUT2D eigenvalue weighted by molar-refractivity contribution is -0.134. The van der Waals surface area contributed by atoms with Crippen LogP contribution in [0.2, 0.25) is 5.02 Å². The van der Waals surface area contributed by atoms with Gasteiger partial charge in [-0.2, -0.15) is 0 Å². The molecule has 18 rings (SSSR count). The van der Waals surface area contributed by atoms with E-state index < -0.39 is 52.2 Å². The molecule has 0 aliphatic carbocycles. The Morgan fingerprint density at radius 3 is 1.61 bits per heavy atom. The van der Waals surface area contributed by atoms with Gasteiger partial charge in [-0.05, 0) is 259 Å². The van der Waals surface area contributed by atoms with Crippen LogP contribution in [0.5, 0.6) is 5.75 Å². The molecule has 5 aromatic heterocycles. The molecule has 10 heterocycles. The molecule has 5 aliphatic rings. The summed E-state index contributed by atoms with van der Waals surface area (Å²) in [7, 11) is -15.0. The number of rotatable bonds is 26. The van der Waals surface area contributed by atoms with Crippen LogP contribution < -0.4 is 53.4 Å². The largest absolute Gasteiger partial charge is 0.480 e. The number of aromatic nitrogens is 7. The van der Waals surface area contributed by atoms with Gasteiger partial charge in [-0.15, -0.1) is 22.7 Å². The van der Waals surface area contributed by atoms with E-state index in [0.29, 0.717) is 129 Å². The van der Waals surface area contributed by atoms with Crippen molar-refractivity contribution in [1.29, 1.82) is 0 Å². The van der Waals surface area contributed by atoms with Crippen molar-refractivity contribution in [2.24, 2.45) is 0 Å². The number of aryl methyl sites for hydroxylation is 4. The van der Waals surface area contributed by atoms with Crippen LogP contribution in [0.1, 0.15) is 75.8 Å². The minimum Gasteiger partial charge on any atom is -0.480 e. The summed E-state index contributed by atoms with van der Waals surface area (Å²) in [5, 5.41) is 8.90. The lowest BCUT2D eigenvalue weighted by atomic mass is 9.99. The van der Waals surface area contributed by atoms with Crippen molar-refractivity contribution in [3.63, 3.8) is 0 Å². The molecule has 41 heteroatoms. The summed E-state index contributed by atoms with van der Waals surface area (Å²) < 4.78 is 146. The maximum absolute atomic E-state index is 13.7. The molecular formula is C94H110ClF2N19O13S6. The molecule has 4 fully saturated rings. The van der Waals surface area contributed by atoms with Crippen LogP contribution in [0.15, 0.2) is 262 Å². The number of amides is 4. The van der Waals surface area contributed by atoms with Crippen molar-refractivity contribution in [3.8, 4) is 5.75 Å². The van der Waals surface area contributed by atoms with E-state index in [9.17, 15) is 61.6 Å². The smallest absolute Gasteiger partial charge is 0.268 e. The Balaban J connectivity index is 0.000000208. The summed E-state index contributed by atoms with van der Waals surface area (Å²) >= 11 is 8.42. The SMILES string of the molecule is CC(C(=O)N1CCN(c2ccc(S(=O)(=O)Nc3ccncn3)cc2)CC1)n1ccc2ccc(F)cc21.Cc1ccc(OC2CCN(c3ccc(S(=O)(=O)Nc4nccs4)cc3)C2=O)c(C)c1.Cc1nccc(NS(=O)(=O)c2ccc(N3CCN(C(=O)[C@@H](C)N4CCCc5cc(F)ccc54)CC3)cc2)n1.O=C1C(NCCc2cccc(Cl)c2)CCN1c1ccc(S(=O)(=O)Nc2nccs2)cc1.[HH].[HH].[HH].[HH].[HH].[HH]. The van der Waals surface area contributed by atoms with E-state index in [1.54, 1.807) is 118 Å². The van der Waals surface area contributed by atoms with Crippen molar-refractivity contribution >= 4 is 159 Å². The maximum atomic E-state index is 13.7. The van der Waals surface area contributed by atoms with E-state index >= 15 is 0 Å². The molecule has 0 spiro atoms. The third-order valence-corrected chi connectivity index (χ3v) is 30.7. The zero-order valence-corrected chi connectivity index (χ0v) is 79.7. The predicted molar refractivity (Wildman–Crippen MR) is 532 cm³/mol. The van der Waals surface area contributed by atoms with Gasteiger partial charge in [0.2, 0.25) is 17.7 Å². The van der Waals surface area contributed by atoms with Gasteiger partial charge in [0.05, 0.1) is 31.1 Å². The number of benzene rings is 8. The molecule has 135 heavy (non-hydrogen) atoms. The Morgan fingerprint density at radius 1 is 0.526 bits per heavy atom. The first-order chi connectivity index (χ1) is 64.8. The third kappa shape index (κ3) is 24.0. The number of nitrogens with zero attached hydrogens (tertiary/aromatic N) is 14. The number of fused-ring (bicyclic) bond motifs is 2. The van der Waals surface area contributed by atoms with Crippen LogP contribution >= 0.6 is 34.3 Å². The molecule has 0 saturated carbocycles. The van der Waals surface area contributed by atoms with Gasteiger partial charge >= 0.3 is 0 Å². The fourth-order valence-corrected chi connectivity index (χ4v) is 22.2. The molecule has 32 nitrogen and oxygen atoms in total. The highest BCUT2D eigenvalue weighted by Crippen LogP contribution is 2.35. The molecule has 0 radical (unpaired) electrons. The van der Waals surface area contributed by atoms with Crippen LogP contribution in [0.4, 0.5) is 59.1 Å². The number of carbonyl (C=O) groups excluding carboxylic acids is 4. The monoisotopic (exact) mass is 1980 g/mol. The summed E-state index contributed by atoms with van der Waals surface area (Å²) in [5.74, 6) is 0.915. The second kappa shape index (κ2) is 42.6. The van der Waals surface area contributed by atoms with Gasteiger partial charge in [0.15, 0.2) is 16.4 Å². The third-order valence-electron chi connectivity index (χ3n) is 23.4. The van der Waals surface area contributed by atoms with Gasteiger partial charge in [0.1, 0.15) is 53.3 Å². The van der Waals surface area contributed by atoms with Crippen LogP contribution in [-0.4, -0.2) is 198 Å². The lowest BCUT2D eigenvalue weighted by Crippen LogP contribution is -2.55. The fourth-order valence-electron chi connectivity index (χ4n) is 16.4. The number of halogens is 3. The number of hydrogen-bond donors (Lipinski definition) is 5. The van der Waals surface area contributed by atoms with Gasteiger partial charge in [-0.1, -0.05) is 41.4 Å². The average Bonchev–Trinajstić information content (AvgIpc) is 1.76. The highest BCUT2D eigenvalue weighted by atomic mass is 35.5. The number of thiazole rings is 2. The Bertz CT molecular complexity index is 6900. The maximum Gasteiger partial charge on any atom is 0.268 e. The Labute approximate surface area is 803 Å². The van der Waals surface area contributed by atoms with Gasteiger partial charge in [-0.25, -0.2) is 72.4 Å². The number of nitrogens with one attached hydrogen (secondary N) is 5. The Kier molecular flexibility index (Phi) is 30.5. The molecule has 8 aromatic carbocycles. The molecule has 13 aromatic rings. The highest BCUT2D eigenvalue weighted by molar-refractivity contribution is 7.93. The number of carbonyl (C=O) groups is 4. The van der Waals surface area contributed by atoms with Crippen molar-refractivity contribution in [2.45, 2.75) is 111 Å². The quantitative estimate of drug-likeness (QED) is 0.0336. The number of anilines is 9. The van der Waals surface area contributed by atoms with Crippen LogP contribution in [-0.2, 0) is 72.1 Å². The van der Waals surface area contributed by atoms with E-state index in [2.05, 4.69) is 68.8 Å². The summed E-state index contributed by atoms with van der Waals surface area (Å²) in [5.41, 5.74) is 8.92. The van der Waals surface area contributed by atoms with Crippen LogP contribution in [0.3, 0.4) is 0 Å². The minimum absolute atomic E-state index is 0. The first-order valence-electron chi connectivity index (χ1n) is 43.4. The zero-order valence-electron chi connectivity index (χ0n) is 74.1. The molecular weight excluding hydrogens is 1870 g/mol. The molecule has 4 atom stereocenters. The fraction of sp³-hybridized carbons (Fsp3) is 0.277. The van der Waals surface area contributed by atoms with Crippen LogP contribution in [0, 0.1) is 32.4 Å². The molecule has 5 N–H and O–H groups in total. The highest BCUT2D eigenvalue weighted by Gasteiger charge is 2.38. The molecule has 4 amide bonds. The van der Waals surface area contributed by atoms with Gasteiger partial charge < -0.3 is 48.9 Å². The molecule has 3 unspecified atom stereocenters. The van der Waals surface area contributed by atoms with E-state index in [-0.39, 0.29) is 87.1 Å². The zero-order chi connectivity index (χ0) is 95.3. The van der Waals surface area contributed by atoms with E-state index in [1.165, 1.54) is 108 Å². The van der Waals surface area contributed by atoms with Crippen molar-refractivity contribution in [1.82, 2.24) is 49.6 Å². The summed E-state index contributed by atoms with van der Waals surface area (Å²) in [6.07, 6.45) is 12.3. The first kappa shape index (κ1) is 96.5. The number of sulfonamides is 4. The van der Waals surface area contributed by atoms with Crippen LogP contribution in [0.25, 0.3) is 10.9 Å². The minimum atomic E-state index is -3.78. The van der Waals surface area contributed by atoms with Gasteiger partial charge in [0, 0.05) is 162 Å². The van der Waals surface area contributed by atoms with E-state index in [0.717, 1.165) is 70.5 Å². The summed E-state index contributed by atoms with van der Waals surface area (Å²) in [4.78, 5) is 89.6. The van der Waals surface area contributed by atoms with Gasteiger partial charge in [0.25, 0.3) is 46.0 Å². The Hall–Kier alpha value is -13.1. The summed E-state index contributed by atoms with van der Waals surface area (Å²) in [6, 6.07) is 52.6. The average molecular weight is 1980 g/mol. The number of piperazine rings is 2. The Morgan fingerprint density at radius 2 is 1.06 bits per heavy atom. The second-order valence-electron chi connectivity index (χ2n) is 32.4. The van der Waals surface area contributed by atoms with Crippen molar-refractivity contribution in [2.75, 3.05) is 122 Å². The topological polar surface area (TPSA) is 379 Å². The van der Waals surface area contributed by atoms with E-state index in [4.69, 9.17) is 16.3 Å². The predicted octanol–water partition coefficient (Wildman–Crippen LogP) is 15.3.